The molecule has 0 aromatic heterocycles. The summed E-state index contributed by atoms with van der Waals surface area (Å²) in [6.45, 7) is 5.11. The molecule has 0 spiro atoms. The van der Waals surface area contributed by atoms with Gasteiger partial charge < -0.3 is 15.0 Å². The second kappa shape index (κ2) is 7.38. The van der Waals surface area contributed by atoms with Crippen molar-refractivity contribution < 1.29 is 14.3 Å². The zero-order valence-electron chi connectivity index (χ0n) is 14.5. The molecule has 1 heterocycles. The Kier molecular flexibility index (Phi) is 5.03. The Morgan fingerprint density at radius 1 is 1.16 bits per heavy atom. The molecule has 0 atom stereocenters. The molecule has 0 fully saturated rings. The molecule has 3 rings (SSSR count). The number of amides is 2. The van der Waals surface area contributed by atoms with E-state index in [0.29, 0.717) is 25.3 Å². The first-order valence-electron chi connectivity index (χ1n) is 8.43. The highest BCUT2D eigenvalue weighted by Gasteiger charge is 2.22. The highest BCUT2D eigenvalue weighted by Crippen LogP contribution is 2.28. The van der Waals surface area contributed by atoms with E-state index in [9.17, 15) is 9.59 Å². The normalized spacial score (nSPS) is 12.6. The van der Waals surface area contributed by atoms with Gasteiger partial charge >= 0.3 is 0 Å². The smallest absolute Gasteiger partial charge is 0.251 e. The molecule has 25 heavy (non-hydrogen) atoms. The molecule has 1 N–H and O–H groups in total. The minimum atomic E-state index is -0.128. The number of ether oxygens (including phenoxy) is 1. The van der Waals surface area contributed by atoms with E-state index >= 15 is 0 Å². The van der Waals surface area contributed by atoms with Gasteiger partial charge in [0.2, 0.25) is 5.91 Å². The topological polar surface area (TPSA) is 58.6 Å². The summed E-state index contributed by atoms with van der Waals surface area (Å²) in [6.07, 6.45) is 0.784. The molecule has 2 amide bonds. The van der Waals surface area contributed by atoms with Crippen molar-refractivity contribution in [1.82, 2.24) is 5.32 Å². The molecule has 0 unspecified atom stereocenters. The predicted molar refractivity (Wildman–Crippen MR) is 97.2 cm³/mol. The van der Waals surface area contributed by atoms with Crippen LogP contribution in [-0.2, 0) is 11.2 Å². The monoisotopic (exact) mass is 338 g/mol. The summed E-state index contributed by atoms with van der Waals surface area (Å²) in [4.78, 5) is 25.6. The minimum Gasteiger partial charge on any atom is -0.492 e. The lowest BCUT2D eigenvalue weighted by Crippen LogP contribution is -2.28. The van der Waals surface area contributed by atoms with Gasteiger partial charge in [-0.3, -0.25) is 9.59 Å². The number of carbonyl (C=O) groups excluding carboxylic acids is 2. The van der Waals surface area contributed by atoms with E-state index in [1.807, 2.05) is 43.3 Å². The number of anilines is 1. The van der Waals surface area contributed by atoms with E-state index in [1.54, 1.807) is 17.9 Å². The number of carbonyl (C=O) groups is 2. The SMILES string of the molecule is CC(=O)N1CCc2cc(C(=O)NCCOc3ccc(C)cc3)ccc21. The van der Waals surface area contributed by atoms with E-state index in [-0.39, 0.29) is 11.8 Å². The molecular formula is C20H22N2O3. The van der Waals surface area contributed by atoms with Gasteiger partial charge in [0.25, 0.3) is 5.91 Å². The molecule has 0 saturated carbocycles. The maximum Gasteiger partial charge on any atom is 0.251 e. The fourth-order valence-electron chi connectivity index (χ4n) is 2.94. The van der Waals surface area contributed by atoms with Gasteiger partial charge in [-0.2, -0.15) is 0 Å². The second-order valence-electron chi connectivity index (χ2n) is 6.18. The van der Waals surface area contributed by atoms with Gasteiger partial charge in [0, 0.05) is 24.7 Å². The van der Waals surface area contributed by atoms with E-state index in [2.05, 4.69) is 5.32 Å². The van der Waals surface area contributed by atoms with Gasteiger partial charge in [-0.05, 0) is 49.2 Å². The molecular weight excluding hydrogens is 316 g/mol. The maximum absolute atomic E-state index is 12.3. The van der Waals surface area contributed by atoms with Gasteiger partial charge in [0.05, 0.1) is 6.54 Å². The first kappa shape index (κ1) is 17.0. The number of rotatable bonds is 5. The van der Waals surface area contributed by atoms with Crippen LogP contribution in [-0.4, -0.2) is 31.5 Å². The number of nitrogens with one attached hydrogen (secondary N) is 1. The molecule has 1 aliphatic heterocycles. The largest absolute Gasteiger partial charge is 0.492 e. The first-order chi connectivity index (χ1) is 12.0. The van der Waals surface area contributed by atoms with Crippen molar-refractivity contribution in [1.29, 1.82) is 0 Å². The van der Waals surface area contributed by atoms with Gasteiger partial charge in [0.15, 0.2) is 0 Å². The zero-order valence-corrected chi connectivity index (χ0v) is 14.5. The average molecular weight is 338 g/mol. The van der Waals surface area contributed by atoms with Crippen molar-refractivity contribution in [3.05, 3.63) is 59.2 Å². The molecule has 130 valence electrons. The lowest BCUT2D eigenvalue weighted by molar-refractivity contribution is -0.116. The fraction of sp³-hybridized carbons (Fsp3) is 0.300. The number of benzene rings is 2. The summed E-state index contributed by atoms with van der Waals surface area (Å²) in [5, 5.41) is 2.86. The Morgan fingerprint density at radius 2 is 1.92 bits per heavy atom. The summed E-state index contributed by atoms with van der Waals surface area (Å²) in [5.41, 5.74) is 3.74. The summed E-state index contributed by atoms with van der Waals surface area (Å²) in [5.74, 6) is 0.697. The van der Waals surface area contributed by atoms with E-state index in [1.165, 1.54) is 5.56 Å². The predicted octanol–water partition coefficient (Wildman–Crippen LogP) is 2.71. The number of fused-ring (bicyclic) bond motifs is 1. The van der Waals surface area contributed by atoms with Crippen molar-refractivity contribution in [2.45, 2.75) is 20.3 Å². The highest BCUT2D eigenvalue weighted by atomic mass is 16.5. The van der Waals surface area contributed by atoms with Crippen molar-refractivity contribution >= 4 is 17.5 Å². The molecule has 5 heteroatoms. The number of nitrogens with zero attached hydrogens (tertiary/aromatic N) is 1. The van der Waals surface area contributed by atoms with Crippen LogP contribution in [0.1, 0.15) is 28.4 Å². The Balaban J connectivity index is 1.52. The molecule has 2 aromatic carbocycles. The average Bonchev–Trinajstić information content (AvgIpc) is 3.03. The maximum atomic E-state index is 12.3. The van der Waals surface area contributed by atoms with Crippen LogP contribution in [0.5, 0.6) is 5.75 Å². The molecule has 1 aliphatic rings. The fourth-order valence-corrected chi connectivity index (χ4v) is 2.94. The molecule has 0 saturated heterocycles. The Hall–Kier alpha value is -2.82. The lowest BCUT2D eigenvalue weighted by atomic mass is 10.1. The molecule has 2 aromatic rings. The van der Waals surface area contributed by atoms with Crippen LogP contribution in [0.2, 0.25) is 0 Å². The van der Waals surface area contributed by atoms with E-state index < -0.39 is 0 Å². The summed E-state index contributed by atoms with van der Waals surface area (Å²) < 4.78 is 5.60. The summed E-state index contributed by atoms with van der Waals surface area (Å²) in [7, 11) is 0. The van der Waals surface area contributed by atoms with Crippen molar-refractivity contribution in [3.8, 4) is 5.75 Å². The molecule has 0 radical (unpaired) electrons. The number of hydrogen-bond acceptors (Lipinski definition) is 3. The van der Waals surface area contributed by atoms with Crippen LogP contribution in [0.3, 0.4) is 0 Å². The number of hydrogen-bond donors (Lipinski definition) is 1. The Labute approximate surface area is 147 Å². The third kappa shape index (κ3) is 3.99. The zero-order chi connectivity index (χ0) is 17.8. The van der Waals surface area contributed by atoms with Crippen LogP contribution in [0.25, 0.3) is 0 Å². The van der Waals surface area contributed by atoms with Crippen LogP contribution >= 0.6 is 0 Å². The second-order valence-corrected chi connectivity index (χ2v) is 6.18. The Bertz CT molecular complexity index is 784. The third-order valence-electron chi connectivity index (χ3n) is 4.29. The third-order valence-corrected chi connectivity index (χ3v) is 4.29. The molecule has 0 bridgehead atoms. The number of aryl methyl sites for hydroxylation is 1. The van der Waals surface area contributed by atoms with Gasteiger partial charge in [0.1, 0.15) is 12.4 Å². The summed E-state index contributed by atoms with van der Waals surface area (Å²) >= 11 is 0. The van der Waals surface area contributed by atoms with Crippen molar-refractivity contribution in [2.75, 3.05) is 24.6 Å². The lowest BCUT2D eigenvalue weighted by Gasteiger charge is -2.14. The van der Waals surface area contributed by atoms with Gasteiger partial charge in [-0.15, -0.1) is 0 Å². The van der Waals surface area contributed by atoms with Crippen LogP contribution < -0.4 is 15.0 Å². The minimum absolute atomic E-state index is 0.0317. The van der Waals surface area contributed by atoms with Crippen LogP contribution in [0.15, 0.2) is 42.5 Å². The van der Waals surface area contributed by atoms with E-state index in [0.717, 1.165) is 23.4 Å². The highest BCUT2D eigenvalue weighted by molar-refractivity contribution is 5.97. The van der Waals surface area contributed by atoms with Crippen LogP contribution in [0.4, 0.5) is 5.69 Å². The van der Waals surface area contributed by atoms with Crippen LogP contribution in [0, 0.1) is 6.92 Å². The van der Waals surface area contributed by atoms with Crippen molar-refractivity contribution in [3.63, 3.8) is 0 Å². The van der Waals surface area contributed by atoms with Crippen molar-refractivity contribution in [2.24, 2.45) is 0 Å². The Morgan fingerprint density at radius 3 is 2.64 bits per heavy atom. The standard InChI is InChI=1S/C20H22N2O3/c1-14-3-6-18(7-4-14)25-12-10-21-20(24)17-5-8-19-16(13-17)9-11-22(19)15(2)23/h3-8,13H,9-12H2,1-2H3,(H,21,24). The molecule has 5 nitrogen and oxygen atoms in total. The van der Waals surface area contributed by atoms with Gasteiger partial charge in [-0.25, -0.2) is 0 Å². The quantitative estimate of drug-likeness (QED) is 0.853. The van der Waals surface area contributed by atoms with Gasteiger partial charge in [-0.1, -0.05) is 17.7 Å². The summed E-state index contributed by atoms with van der Waals surface area (Å²) in [6, 6.07) is 13.3. The first-order valence-corrected chi connectivity index (χ1v) is 8.43. The molecule has 0 aliphatic carbocycles. The van der Waals surface area contributed by atoms with E-state index in [4.69, 9.17) is 4.74 Å².